The number of hydrogen-bond acceptors (Lipinski definition) is 4. The fraction of sp³-hybridized carbons (Fsp3) is 0.467. The minimum Gasteiger partial charge on any atom is -0.478 e. The minimum atomic E-state index is -1.15. The topological polar surface area (TPSA) is 102 Å². The number of carbonyl (C=O) groups is 2. The van der Waals surface area contributed by atoms with Gasteiger partial charge in [-0.3, -0.25) is 4.79 Å². The van der Waals surface area contributed by atoms with E-state index in [1.807, 2.05) is 13.8 Å². The standard InChI is InChI=1S/C15H22N2O4/c1-4-6-9(2)17-14(18)10(3)21-13-11(15(19)20)7-5-8-12(13)16/h5,7-10H,4,6,16H2,1-3H3,(H,17,18)(H,19,20). The van der Waals surface area contributed by atoms with Crippen molar-refractivity contribution in [3.63, 3.8) is 0 Å². The van der Waals surface area contributed by atoms with Crippen molar-refractivity contribution in [1.82, 2.24) is 5.32 Å². The van der Waals surface area contributed by atoms with Gasteiger partial charge in [-0.25, -0.2) is 4.79 Å². The van der Waals surface area contributed by atoms with E-state index in [1.165, 1.54) is 18.2 Å². The smallest absolute Gasteiger partial charge is 0.339 e. The Kier molecular flexibility index (Phi) is 6.02. The number of para-hydroxylation sites is 1. The molecule has 0 heterocycles. The van der Waals surface area contributed by atoms with Crippen LogP contribution in [0.1, 0.15) is 44.0 Å². The third kappa shape index (κ3) is 4.66. The van der Waals surface area contributed by atoms with Crippen LogP contribution in [-0.2, 0) is 4.79 Å². The lowest BCUT2D eigenvalue weighted by Crippen LogP contribution is -2.41. The molecule has 2 atom stereocenters. The number of nitrogens with two attached hydrogens (primary N) is 1. The number of benzene rings is 1. The number of nitrogen functional groups attached to an aromatic ring is 1. The fourth-order valence-corrected chi connectivity index (χ4v) is 1.95. The number of hydrogen-bond donors (Lipinski definition) is 3. The molecule has 0 saturated heterocycles. The maximum atomic E-state index is 12.0. The van der Waals surface area contributed by atoms with Crippen LogP contribution in [0.25, 0.3) is 0 Å². The van der Waals surface area contributed by atoms with Crippen molar-refractivity contribution in [1.29, 1.82) is 0 Å². The third-order valence-electron chi connectivity index (χ3n) is 3.05. The fourth-order valence-electron chi connectivity index (χ4n) is 1.95. The molecule has 0 aliphatic rings. The van der Waals surface area contributed by atoms with E-state index in [2.05, 4.69) is 5.32 Å². The van der Waals surface area contributed by atoms with Gasteiger partial charge in [-0.05, 0) is 32.4 Å². The molecular weight excluding hydrogens is 272 g/mol. The maximum Gasteiger partial charge on any atom is 0.339 e. The van der Waals surface area contributed by atoms with Crippen molar-refractivity contribution < 1.29 is 19.4 Å². The van der Waals surface area contributed by atoms with Crippen LogP contribution in [0.15, 0.2) is 18.2 Å². The number of rotatable bonds is 7. The van der Waals surface area contributed by atoms with Crippen molar-refractivity contribution in [2.75, 3.05) is 5.73 Å². The average Bonchev–Trinajstić information content (AvgIpc) is 2.40. The normalized spacial score (nSPS) is 13.3. The minimum absolute atomic E-state index is 0.0239. The van der Waals surface area contributed by atoms with E-state index in [1.54, 1.807) is 6.92 Å². The summed E-state index contributed by atoms with van der Waals surface area (Å²) in [6.45, 7) is 5.51. The molecule has 1 aromatic carbocycles. The molecule has 1 amide bonds. The van der Waals surface area contributed by atoms with Crippen LogP contribution < -0.4 is 15.8 Å². The van der Waals surface area contributed by atoms with Gasteiger partial charge in [-0.1, -0.05) is 19.4 Å². The predicted molar refractivity (Wildman–Crippen MR) is 80.4 cm³/mol. The van der Waals surface area contributed by atoms with Gasteiger partial charge in [0.15, 0.2) is 11.9 Å². The first kappa shape index (κ1) is 16.8. The summed E-state index contributed by atoms with van der Waals surface area (Å²) in [7, 11) is 0. The summed E-state index contributed by atoms with van der Waals surface area (Å²) in [4.78, 5) is 23.2. The van der Waals surface area contributed by atoms with Crippen molar-refractivity contribution in [3.8, 4) is 5.75 Å². The van der Waals surface area contributed by atoms with E-state index in [9.17, 15) is 9.59 Å². The zero-order valence-corrected chi connectivity index (χ0v) is 12.6. The SMILES string of the molecule is CCCC(C)NC(=O)C(C)Oc1c(N)cccc1C(=O)O. The van der Waals surface area contributed by atoms with Gasteiger partial charge >= 0.3 is 5.97 Å². The number of ether oxygens (including phenoxy) is 1. The first-order valence-electron chi connectivity index (χ1n) is 6.95. The molecule has 0 fully saturated rings. The molecule has 2 unspecified atom stereocenters. The lowest BCUT2D eigenvalue weighted by atomic mass is 10.1. The van der Waals surface area contributed by atoms with Crippen molar-refractivity contribution in [2.24, 2.45) is 0 Å². The molecule has 1 rings (SSSR count). The van der Waals surface area contributed by atoms with Gasteiger partial charge < -0.3 is 20.9 Å². The molecule has 0 spiro atoms. The van der Waals surface area contributed by atoms with E-state index in [0.717, 1.165) is 12.8 Å². The number of aromatic carboxylic acids is 1. The summed E-state index contributed by atoms with van der Waals surface area (Å²) in [6, 6.07) is 4.49. The van der Waals surface area contributed by atoms with Crippen LogP contribution in [0.5, 0.6) is 5.75 Å². The second-order valence-corrected chi connectivity index (χ2v) is 4.99. The molecule has 0 aliphatic heterocycles. The molecular formula is C15H22N2O4. The Morgan fingerprint density at radius 1 is 1.38 bits per heavy atom. The van der Waals surface area contributed by atoms with Crippen LogP contribution in [0.3, 0.4) is 0 Å². The molecule has 0 aromatic heterocycles. The summed E-state index contributed by atoms with van der Waals surface area (Å²) < 4.78 is 5.46. The quantitative estimate of drug-likeness (QED) is 0.668. The molecule has 1 aromatic rings. The molecule has 6 nitrogen and oxygen atoms in total. The van der Waals surface area contributed by atoms with E-state index in [4.69, 9.17) is 15.6 Å². The second-order valence-electron chi connectivity index (χ2n) is 4.99. The Bertz CT molecular complexity index is 516. The van der Waals surface area contributed by atoms with Gasteiger partial charge in [0.1, 0.15) is 5.56 Å². The monoisotopic (exact) mass is 294 g/mol. The highest BCUT2D eigenvalue weighted by molar-refractivity contribution is 5.93. The second kappa shape index (κ2) is 7.52. The van der Waals surface area contributed by atoms with E-state index in [-0.39, 0.29) is 28.9 Å². The molecule has 116 valence electrons. The summed E-state index contributed by atoms with van der Waals surface area (Å²) in [5.74, 6) is -1.42. The first-order valence-corrected chi connectivity index (χ1v) is 6.95. The lowest BCUT2D eigenvalue weighted by Gasteiger charge is -2.20. The largest absolute Gasteiger partial charge is 0.478 e. The Labute approximate surface area is 124 Å². The Hall–Kier alpha value is -2.24. The molecule has 0 bridgehead atoms. The maximum absolute atomic E-state index is 12.0. The number of carboxylic acid groups (broad SMARTS) is 1. The molecule has 6 heteroatoms. The van der Waals surface area contributed by atoms with Gasteiger partial charge in [0.05, 0.1) is 5.69 Å². The molecule has 0 saturated carbocycles. The predicted octanol–water partition coefficient (Wildman–Crippen LogP) is 2.04. The number of anilines is 1. The Morgan fingerprint density at radius 3 is 2.62 bits per heavy atom. The van der Waals surface area contributed by atoms with Crippen LogP contribution >= 0.6 is 0 Å². The Balaban J connectivity index is 2.81. The highest BCUT2D eigenvalue weighted by Crippen LogP contribution is 2.27. The van der Waals surface area contributed by atoms with Crippen LogP contribution in [0.4, 0.5) is 5.69 Å². The molecule has 0 aliphatic carbocycles. The summed E-state index contributed by atoms with van der Waals surface area (Å²) in [6.07, 6.45) is 1.00. The van der Waals surface area contributed by atoms with Crippen molar-refractivity contribution >= 4 is 17.6 Å². The Morgan fingerprint density at radius 2 is 2.05 bits per heavy atom. The van der Waals surface area contributed by atoms with Crippen LogP contribution in [-0.4, -0.2) is 29.1 Å². The van der Waals surface area contributed by atoms with E-state index in [0.29, 0.717) is 0 Å². The average molecular weight is 294 g/mol. The first-order chi connectivity index (χ1) is 9.86. The van der Waals surface area contributed by atoms with Gasteiger partial charge in [0.2, 0.25) is 0 Å². The third-order valence-corrected chi connectivity index (χ3v) is 3.05. The zero-order chi connectivity index (χ0) is 16.0. The highest BCUT2D eigenvalue weighted by atomic mass is 16.5. The summed E-state index contributed by atoms with van der Waals surface area (Å²) in [5.41, 5.74) is 5.87. The van der Waals surface area contributed by atoms with Gasteiger partial charge in [-0.15, -0.1) is 0 Å². The van der Waals surface area contributed by atoms with Crippen molar-refractivity contribution in [3.05, 3.63) is 23.8 Å². The van der Waals surface area contributed by atoms with Crippen molar-refractivity contribution in [2.45, 2.75) is 45.8 Å². The van der Waals surface area contributed by atoms with Gasteiger partial charge in [-0.2, -0.15) is 0 Å². The number of carboxylic acids is 1. The molecule has 0 radical (unpaired) electrons. The van der Waals surface area contributed by atoms with Crippen LogP contribution in [0.2, 0.25) is 0 Å². The number of carbonyl (C=O) groups excluding carboxylic acids is 1. The van der Waals surface area contributed by atoms with E-state index >= 15 is 0 Å². The lowest BCUT2D eigenvalue weighted by molar-refractivity contribution is -0.127. The zero-order valence-electron chi connectivity index (χ0n) is 12.6. The number of nitrogens with one attached hydrogen (secondary N) is 1. The van der Waals surface area contributed by atoms with Gasteiger partial charge in [0, 0.05) is 6.04 Å². The molecule has 4 N–H and O–H groups in total. The summed E-state index contributed by atoms with van der Waals surface area (Å²) in [5, 5.41) is 11.9. The summed E-state index contributed by atoms with van der Waals surface area (Å²) >= 11 is 0. The number of amides is 1. The van der Waals surface area contributed by atoms with E-state index < -0.39 is 12.1 Å². The highest BCUT2D eigenvalue weighted by Gasteiger charge is 2.21. The molecule has 21 heavy (non-hydrogen) atoms. The van der Waals surface area contributed by atoms with Gasteiger partial charge in [0.25, 0.3) is 5.91 Å². The van der Waals surface area contributed by atoms with Crippen LogP contribution in [0, 0.1) is 0 Å².